The van der Waals surface area contributed by atoms with Crippen molar-refractivity contribution in [3.63, 3.8) is 0 Å². The first-order valence-corrected chi connectivity index (χ1v) is 8.43. The SMILES string of the molecule is COc1cccc(OC)c1OCC(O)CNC(C)c1ccc(Cl)cc1.Cl. The van der Waals surface area contributed by atoms with Crippen LogP contribution in [0.2, 0.25) is 5.02 Å². The fourth-order valence-corrected chi connectivity index (χ4v) is 2.51. The number of nitrogens with one attached hydrogen (secondary N) is 1. The van der Waals surface area contributed by atoms with Gasteiger partial charge in [0.05, 0.1) is 14.2 Å². The van der Waals surface area contributed by atoms with Gasteiger partial charge in [-0.05, 0) is 36.8 Å². The summed E-state index contributed by atoms with van der Waals surface area (Å²) in [6, 6.07) is 13.1. The molecule has 2 N–H and O–H groups in total. The molecule has 2 unspecified atom stereocenters. The molecular formula is C19H25Cl2NO4. The zero-order chi connectivity index (χ0) is 18.2. The lowest BCUT2D eigenvalue weighted by molar-refractivity contribution is 0.100. The molecule has 0 aliphatic carbocycles. The summed E-state index contributed by atoms with van der Waals surface area (Å²) in [6.07, 6.45) is -0.677. The summed E-state index contributed by atoms with van der Waals surface area (Å²) >= 11 is 5.90. The van der Waals surface area contributed by atoms with Crippen LogP contribution in [0.25, 0.3) is 0 Å². The first-order chi connectivity index (χ1) is 12.0. The normalized spacial score (nSPS) is 12.7. The highest BCUT2D eigenvalue weighted by Gasteiger charge is 2.14. The smallest absolute Gasteiger partial charge is 0.203 e. The number of para-hydroxylation sites is 1. The zero-order valence-electron chi connectivity index (χ0n) is 15.1. The quantitative estimate of drug-likeness (QED) is 0.667. The lowest BCUT2D eigenvalue weighted by atomic mass is 10.1. The summed E-state index contributed by atoms with van der Waals surface area (Å²) in [6.45, 7) is 2.54. The van der Waals surface area contributed by atoms with E-state index in [1.165, 1.54) is 0 Å². The van der Waals surface area contributed by atoms with Crippen molar-refractivity contribution in [1.29, 1.82) is 0 Å². The molecule has 0 aromatic heterocycles. The Morgan fingerprint density at radius 2 is 1.62 bits per heavy atom. The monoisotopic (exact) mass is 401 g/mol. The molecule has 2 aromatic rings. The number of halogens is 2. The molecule has 0 saturated heterocycles. The van der Waals surface area contributed by atoms with E-state index in [0.29, 0.717) is 28.8 Å². The predicted molar refractivity (Wildman–Crippen MR) is 106 cm³/mol. The van der Waals surface area contributed by atoms with Gasteiger partial charge in [-0.25, -0.2) is 0 Å². The van der Waals surface area contributed by atoms with Crippen LogP contribution in [0, 0.1) is 0 Å². The van der Waals surface area contributed by atoms with Gasteiger partial charge in [0.15, 0.2) is 11.5 Å². The Bertz CT molecular complexity index is 645. The fourth-order valence-electron chi connectivity index (χ4n) is 2.38. The van der Waals surface area contributed by atoms with E-state index in [2.05, 4.69) is 5.32 Å². The molecule has 0 radical (unpaired) electrons. The van der Waals surface area contributed by atoms with E-state index >= 15 is 0 Å². The molecule has 2 rings (SSSR count). The Balaban J connectivity index is 0.00000338. The summed E-state index contributed by atoms with van der Waals surface area (Å²) < 4.78 is 16.3. The number of hydrogen-bond donors (Lipinski definition) is 2. The molecule has 0 spiro atoms. The number of rotatable bonds is 9. The second kappa shape index (κ2) is 11.1. The van der Waals surface area contributed by atoms with Crippen LogP contribution in [0.4, 0.5) is 0 Å². The number of hydrogen-bond acceptors (Lipinski definition) is 5. The van der Waals surface area contributed by atoms with Gasteiger partial charge in [-0.15, -0.1) is 12.4 Å². The van der Waals surface area contributed by atoms with Crippen LogP contribution in [0.3, 0.4) is 0 Å². The average Bonchev–Trinajstić information content (AvgIpc) is 2.64. The largest absolute Gasteiger partial charge is 0.493 e. The molecule has 0 heterocycles. The third-order valence-corrected chi connectivity index (χ3v) is 4.08. The summed E-state index contributed by atoms with van der Waals surface area (Å²) in [5, 5.41) is 14.2. The Morgan fingerprint density at radius 3 is 2.15 bits per heavy atom. The van der Waals surface area contributed by atoms with Crippen molar-refractivity contribution in [2.45, 2.75) is 19.1 Å². The van der Waals surface area contributed by atoms with E-state index in [0.717, 1.165) is 5.56 Å². The minimum atomic E-state index is -0.677. The Kier molecular flexibility index (Phi) is 9.59. The van der Waals surface area contributed by atoms with Gasteiger partial charge in [0.25, 0.3) is 0 Å². The van der Waals surface area contributed by atoms with Crippen LogP contribution >= 0.6 is 24.0 Å². The zero-order valence-corrected chi connectivity index (χ0v) is 16.6. The van der Waals surface area contributed by atoms with Gasteiger partial charge < -0.3 is 24.6 Å². The van der Waals surface area contributed by atoms with E-state index < -0.39 is 6.10 Å². The van der Waals surface area contributed by atoms with E-state index in [9.17, 15) is 5.11 Å². The molecule has 0 saturated carbocycles. The molecule has 7 heteroatoms. The summed E-state index contributed by atoms with van der Waals surface area (Å²) in [4.78, 5) is 0. The van der Waals surface area contributed by atoms with Crippen LogP contribution in [-0.4, -0.2) is 38.6 Å². The second-order valence-corrected chi connectivity index (χ2v) is 6.07. The van der Waals surface area contributed by atoms with Gasteiger partial charge in [0, 0.05) is 17.6 Å². The maximum Gasteiger partial charge on any atom is 0.203 e. The van der Waals surface area contributed by atoms with Crippen LogP contribution in [0.1, 0.15) is 18.5 Å². The second-order valence-electron chi connectivity index (χ2n) is 5.64. The molecule has 0 fully saturated rings. The third kappa shape index (κ3) is 6.25. The lowest BCUT2D eigenvalue weighted by Gasteiger charge is -2.19. The maximum absolute atomic E-state index is 10.2. The van der Waals surface area contributed by atoms with Gasteiger partial charge in [-0.3, -0.25) is 0 Å². The summed E-state index contributed by atoms with van der Waals surface area (Å²) in [7, 11) is 3.13. The highest BCUT2D eigenvalue weighted by atomic mass is 35.5. The molecule has 2 atom stereocenters. The lowest BCUT2D eigenvalue weighted by Crippen LogP contribution is -2.33. The van der Waals surface area contributed by atoms with Crippen LogP contribution < -0.4 is 19.5 Å². The average molecular weight is 402 g/mol. The molecule has 5 nitrogen and oxygen atoms in total. The molecule has 144 valence electrons. The van der Waals surface area contributed by atoms with Crippen molar-refractivity contribution in [3.8, 4) is 17.2 Å². The molecule has 0 aliphatic rings. The van der Waals surface area contributed by atoms with Crippen molar-refractivity contribution in [2.75, 3.05) is 27.4 Å². The topological polar surface area (TPSA) is 60.0 Å². The number of aliphatic hydroxyl groups excluding tert-OH is 1. The first kappa shape index (κ1) is 22.4. The Labute approximate surface area is 165 Å². The highest BCUT2D eigenvalue weighted by Crippen LogP contribution is 2.36. The van der Waals surface area contributed by atoms with Crippen LogP contribution in [0.5, 0.6) is 17.2 Å². The minimum absolute atomic E-state index is 0. The Morgan fingerprint density at radius 1 is 1.04 bits per heavy atom. The summed E-state index contributed by atoms with van der Waals surface area (Å²) in [5.41, 5.74) is 1.10. The molecule has 0 bridgehead atoms. The number of ether oxygens (including phenoxy) is 3. The maximum atomic E-state index is 10.2. The van der Waals surface area contributed by atoms with Crippen molar-refractivity contribution in [3.05, 3.63) is 53.1 Å². The molecular weight excluding hydrogens is 377 g/mol. The predicted octanol–water partition coefficient (Wildman–Crippen LogP) is 3.87. The highest BCUT2D eigenvalue weighted by molar-refractivity contribution is 6.30. The number of methoxy groups -OCH3 is 2. The van der Waals surface area contributed by atoms with Gasteiger partial charge in [0.1, 0.15) is 12.7 Å². The standard InChI is InChI=1S/C19H24ClNO4.ClH/c1-13(14-7-9-15(20)10-8-14)21-11-16(22)12-25-19-17(23-2)5-4-6-18(19)24-3;/h4-10,13,16,21-22H,11-12H2,1-3H3;1H. The van der Waals surface area contributed by atoms with E-state index in [1.807, 2.05) is 37.3 Å². The third-order valence-electron chi connectivity index (χ3n) is 3.83. The number of aliphatic hydroxyl groups is 1. The van der Waals surface area contributed by atoms with Crippen molar-refractivity contribution in [1.82, 2.24) is 5.32 Å². The summed E-state index contributed by atoms with van der Waals surface area (Å²) in [5.74, 6) is 1.61. The Hall–Kier alpha value is -1.66. The van der Waals surface area contributed by atoms with Crippen molar-refractivity contribution >= 4 is 24.0 Å². The van der Waals surface area contributed by atoms with Crippen molar-refractivity contribution in [2.24, 2.45) is 0 Å². The van der Waals surface area contributed by atoms with Crippen LogP contribution in [0.15, 0.2) is 42.5 Å². The van der Waals surface area contributed by atoms with E-state index in [-0.39, 0.29) is 25.1 Å². The fraction of sp³-hybridized carbons (Fsp3) is 0.368. The number of benzene rings is 2. The van der Waals surface area contributed by atoms with E-state index in [1.54, 1.807) is 26.4 Å². The van der Waals surface area contributed by atoms with E-state index in [4.69, 9.17) is 25.8 Å². The van der Waals surface area contributed by atoms with Gasteiger partial charge in [0.2, 0.25) is 5.75 Å². The van der Waals surface area contributed by atoms with Crippen molar-refractivity contribution < 1.29 is 19.3 Å². The molecule has 26 heavy (non-hydrogen) atoms. The molecule has 0 amide bonds. The molecule has 2 aromatic carbocycles. The van der Waals surface area contributed by atoms with Gasteiger partial charge in [-0.2, -0.15) is 0 Å². The van der Waals surface area contributed by atoms with Gasteiger partial charge in [-0.1, -0.05) is 29.8 Å². The first-order valence-electron chi connectivity index (χ1n) is 8.05. The van der Waals surface area contributed by atoms with Crippen LogP contribution in [-0.2, 0) is 0 Å². The minimum Gasteiger partial charge on any atom is -0.493 e. The molecule has 0 aliphatic heterocycles. The van der Waals surface area contributed by atoms with Gasteiger partial charge >= 0.3 is 0 Å².